The van der Waals surface area contributed by atoms with E-state index in [0.29, 0.717) is 21.1 Å². The quantitative estimate of drug-likeness (QED) is 0.675. The Morgan fingerprint density at radius 1 is 1.10 bits per heavy atom. The van der Waals surface area contributed by atoms with Gasteiger partial charge in [-0.1, -0.05) is 29.3 Å². The van der Waals surface area contributed by atoms with E-state index < -0.39 is 5.82 Å². The number of benzene rings is 2. The number of hydrogen-bond acceptors (Lipinski definition) is 1. The Morgan fingerprint density at radius 2 is 1.80 bits per heavy atom. The van der Waals surface area contributed by atoms with E-state index in [1.54, 1.807) is 12.1 Å². The van der Waals surface area contributed by atoms with Crippen LogP contribution in [0.1, 0.15) is 15.9 Å². The zero-order valence-corrected chi connectivity index (χ0v) is 11.6. The van der Waals surface area contributed by atoms with Gasteiger partial charge >= 0.3 is 0 Å². The van der Waals surface area contributed by atoms with Crippen LogP contribution in [0, 0.1) is 5.82 Å². The topological polar surface area (TPSA) is 32.9 Å². The summed E-state index contributed by atoms with van der Waals surface area (Å²) in [4.78, 5) is 15.4. The molecular weight excluding hydrogens is 300 g/mol. The molecule has 20 heavy (non-hydrogen) atoms. The smallest absolute Gasteiger partial charge is 0.195 e. The molecule has 5 heteroatoms. The standard InChI is InChI=1S/C15H8Cl2FNO/c16-9-4-8(5-10(17)6-9)15(20)11-7-19-13-3-1-2-12(18)14(11)13/h1-7,19H. The maximum absolute atomic E-state index is 13.9. The summed E-state index contributed by atoms with van der Waals surface area (Å²) in [6.45, 7) is 0. The molecule has 0 unspecified atom stereocenters. The van der Waals surface area contributed by atoms with Crippen molar-refractivity contribution in [3.63, 3.8) is 0 Å². The van der Waals surface area contributed by atoms with Gasteiger partial charge in [-0.2, -0.15) is 0 Å². The van der Waals surface area contributed by atoms with Crippen LogP contribution in [-0.2, 0) is 0 Å². The molecule has 0 aliphatic rings. The lowest BCUT2D eigenvalue weighted by Crippen LogP contribution is -2.01. The van der Waals surface area contributed by atoms with Crippen molar-refractivity contribution in [1.29, 1.82) is 0 Å². The Labute approximate surface area is 124 Å². The molecular formula is C15H8Cl2FNO. The summed E-state index contributed by atoms with van der Waals surface area (Å²) < 4.78 is 13.9. The first-order chi connectivity index (χ1) is 9.56. The number of H-pyrrole nitrogens is 1. The normalized spacial score (nSPS) is 10.9. The van der Waals surface area contributed by atoms with Crippen molar-refractivity contribution < 1.29 is 9.18 Å². The Morgan fingerprint density at radius 3 is 2.50 bits per heavy atom. The highest BCUT2D eigenvalue weighted by Gasteiger charge is 2.17. The zero-order chi connectivity index (χ0) is 14.3. The van der Waals surface area contributed by atoms with Gasteiger partial charge < -0.3 is 4.98 Å². The number of rotatable bonds is 2. The van der Waals surface area contributed by atoms with Crippen molar-refractivity contribution in [2.24, 2.45) is 0 Å². The van der Waals surface area contributed by atoms with Gasteiger partial charge in [0.15, 0.2) is 5.78 Å². The lowest BCUT2D eigenvalue weighted by molar-refractivity contribution is 0.104. The summed E-state index contributed by atoms with van der Waals surface area (Å²) in [7, 11) is 0. The fraction of sp³-hybridized carbons (Fsp3) is 0. The third kappa shape index (κ3) is 2.19. The van der Waals surface area contributed by atoms with Crippen LogP contribution in [0.2, 0.25) is 10.0 Å². The van der Waals surface area contributed by atoms with Crippen molar-refractivity contribution in [1.82, 2.24) is 4.98 Å². The minimum absolute atomic E-state index is 0.261. The summed E-state index contributed by atoms with van der Waals surface area (Å²) >= 11 is 11.8. The van der Waals surface area contributed by atoms with Crippen LogP contribution in [0.15, 0.2) is 42.6 Å². The van der Waals surface area contributed by atoms with Gasteiger partial charge in [-0.15, -0.1) is 0 Å². The number of aromatic nitrogens is 1. The average Bonchev–Trinajstić information content (AvgIpc) is 2.82. The second-order valence-corrected chi connectivity index (χ2v) is 5.22. The molecule has 3 aromatic rings. The second-order valence-electron chi connectivity index (χ2n) is 4.35. The Hall–Kier alpha value is -1.84. The minimum Gasteiger partial charge on any atom is -0.360 e. The third-order valence-electron chi connectivity index (χ3n) is 3.02. The molecule has 0 bridgehead atoms. The molecule has 1 aromatic heterocycles. The zero-order valence-electron chi connectivity index (χ0n) is 10.1. The number of fused-ring (bicyclic) bond motifs is 1. The first-order valence-corrected chi connectivity index (χ1v) is 6.58. The highest BCUT2D eigenvalue weighted by Crippen LogP contribution is 2.26. The van der Waals surface area contributed by atoms with E-state index in [4.69, 9.17) is 23.2 Å². The third-order valence-corrected chi connectivity index (χ3v) is 3.46. The average molecular weight is 308 g/mol. The van der Waals surface area contributed by atoms with Gasteiger partial charge in [0.25, 0.3) is 0 Å². The van der Waals surface area contributed by atoms with Crippen LogP contribution in [0.3, 0.4) is 0 Å². The molecule has 1 heterocycles. The van der Waals surface area contributed by atoms with Crippen LogP contribution in [-0.4, -0.2) is 10.8 Å². The number of carbonyl (C=O) groups excluding carboxylic acids is 1. The van der Waals surface area contributed by atoms with E-state index in [1.807, 2.05) is 0 Å². The van der Waals surface area contributed by atoms with Crippen LogP contribution in [0.5, 0.6) is 0 Å². The van der Waals surface area contributed by atoms with Crippen molar-refractivity contribution >= 4 is 39.9 Å². The fourth-order valence-electron chi connectivity index (χ4n) is 2.16. The number of aromatic amines is 1. The highest BCUT2D eigenvalue weighted by atomic mass is 35.5. The van der Waals surface area contributed by atoms with Crippen molar-refractivity contribution in [3.8, 4) is 0 Å². The first kappa shape index (κ1) is 13.2. The van der Waals surface area contributed by atoms with Gasteiger partial charge in [-0.3, -0.25) is 4.79 Å². The molecule has 0 amide bonds. The molecule has 2 aromatic carbocycles. The number of nitrogens with one attached hydrogen (secondary N) is 1. The predicted molar refractivity (Wildman–Crippen MR) is 78.2 cm³/mol. The second kappa shape index (κ2) is 4.93. The molecule has 0 aliphatic carbocycles. The molecule has 3 rings (SSSR count). The number of halogens is 3. The molecule has 100 valence electrons. The largest absolute Gasteiger partial charge is 0.360 e. The number of carbonyl (C=O) groups is 1. The molecule has 0 saturated heterocycles. The molecule has 2 nitrogen and oxygen atoms in total. The lowest BCUT2D eigenvalue weighted by Gasteiger charge is -2.02. The van der Waals surface area contributed by atoms with E-state index >= 15 is 0 Å². The monoisotopic (exact) mass is 307 g/mol. The van der Waals surface area contributed by atoms with E-state index in [0.717, 1.165) is 0 Å². The SMILES string of the molecule is O=C(c1cc(Cl)cc(Cl)c1)c1c[nH]c2cccc(F)c12. The molecule has 0 atom stereocenters. The van der Waals surface area contributed by atoms with E-state index in [1.165, 1.54) is 30.5 Å². The molecule has 0 radical (unpaired) electrons. The van der Waals surface area contributed by atoms with Crippen LogP contribution < -0.4 is 0 Å². The molecule has 0 spiro atoms. The Bertz CT molecular complexity index is 806. The van der Waals surface area contributed by atoms with Gasteiger partial charge in [0.1, 0.15) is 5.82 Å². The molecule has 0 aliphatic heterocycles. The summed E-state index contributed by atoms with van der Waals surface area (Å²) in [5.41, 5.74) is 1.16. The first-order valence-electron chi connectivity index (χ1n) is 5.82. The van der Waals surface area contributed by atoms with Crippen molar-refractivity contribution in [2.75, 3.05) is 0 Å². The van der Waals surface area contributed by atoms with E-state index in [9.17, 15) is 9.18 Å². The fourth-order valence-corrected chi connectivity index (χ4v) is 2.69. The summed E-state index contributed by atoms with van der Waals surface area (Å²) in [5.74, 6) is -0.772. The van der Waals surface area contributed by atoms with Crippen LogP contribution in [0.25, 0.3) is 10.9 Å². The highest BCUT2D eigenvalue weighted by molar-refractivity contribution is 6.35. The molecule has 0 fully saturated rings. The van der Waals surface area contributed by atoms with Gasteiger partial charge in [0.05, 0.1) is 5.56 Å². The summed E-state index contributed by atoms with van der Waals surface area (Å²) in [6, 6.07) is 9.16. The van der Waals surface area contributed by atoms with E-state index in [-0.39, 0.29) is 16.7 Å². The predicted octanol–water partition coefficient (Wildman–Crippen LogP) is 4.84. The Kier molecular flexibility index (Phi) is 3.24. The maximum Gasteiger partial charge on any atom is 0.195 e. The summed E-state index contributed by atoms with van der Waals surface area (Å²) in [6.07, 6.45) is 1.49. The van der Waals surface area contributed by atoms with Gasteiger partial charge in [0.2, 0.25) is 0 Å². The van der Waals surface area contributed by atoms with Crippen molar-refractivity contribution in [2.45, 2.75) is 0 Å². The maximum atomic E-state index is 13.9. The number of ketones is 1. The molecule has 0 saturated carbocycles. The van der Waals surface area contributed by atoms with Gasteiger partial charge in [-0.05, 0) is 30.3 Å². The molecule has 1 N–H and O–H groups in total. The summed E-state index contributed by atoms with van der Waals surface area (Å²) in [5, 5.41) is 0.996. The van der Waals surface area contributed by atoms with Crippen molar-refractivity contribution in [3.05, 3.63) is 69.6 Å². The van der Waals surface area contributed by atoms with Crippen LogP contribution in [0.4, 0.5) is 4.39 Å². The Balaban J connectivity index is 2.18. The lowest BCUT2D eigenvalue weighted by atomic mass is 10.0. The van der Waals surface area contributed by atoms with Crippen LogP contribution >= 0.6 is 23.2 Å². The van der Waals surface area contributed by atoms with E-state index in [2.05, 4.69) is 4.98 Å². The van der Waals surface area contributed by atoms with Gasteiger partial charge in [-0.25, -0.2) is 4.39 Å². The van der Waals surface area contributed by atoms with Gasteiger partial charge in [0, 0.05) is 32.7 Å². The minimum atomic E-state index is -0.444. The number of hydrogen-bond donors (Lipinski definition) is 1.